The zero-order valence-corrected chi connectivity index (χ0v) is 21.9. The van der Waals surface area contributed by atoms with Crippen molar-refractivity contribution in [2.24, 2.45) is 39.4 Å². The molecule has 6 atom stereocenters. The first-order valence-corrected chi connectivity index (χ1v) is 13.5. The summed E-state index contributed by atoms with van der Waals surface area (Å²) in [6, 6.07) is 0. The molecule has 4 rings (SSSR count). The van der Waals surface area contributed by atoms with Crippen LogP contribution in [0, 0.1) is 39.4 Å². The zero-order valence-electron chi connectivity index (χ0n) is 21.9. The van der Waals surface area contributed by atoms with Crippen LogP contribution >= 0.6 is 0 Å². The third-order valence-corrected chi connectivity index (χ3v) is 11.5. The number of fused-ring (bicyclic) bond motifs is 4. The lowest BCUT2D eigenvalue weighted by Gasteiger charge is -2.60. The molecule has 0 amide bonds. The lowest BCUT2D eigenvalue weighted by Crippen LogP contribution is -2.53. The van der Waals surface area contributed by atoms with Crippen LogP contribution in [0.1, 0.15) is 120 Å². The maximum absolute atomic E-state index is 10.8. The van der Waals surface area contributed by atoms with Crippen LogP contribution in [0.5, 0.6) is 0 Å². The number of aliphatic hydroxyl groups excluding tert-OH is 1. The van der Waals surface area contributed by atoms with Gasteiger partial charge in [-0.25, -0.2) is 0 Å². The highest BCUT2D eigenvalue weighted by Crippen LogP contribution is 2.69. The minimum atomic E-state index is -0.137. The molecule has 0 saturated heterocycles. The number of hydrogen-bond donors (Lipinski definition) is 1. The van der Waals surface area contributed by atoms with Crippen molar-refractivity contribution in [2.75, 3.05) is 0 Å². The number of hydrogen-bond acceptors (Lipinski definition) is 1. The van der Waals surface area contributed by atoms with Crippen LogP contribution < -0.4 is 0 Å². The summed E-state index contributed by atoms with van der Waals surface area (Å²) in [6.45, 7) is 19.8. The largest absolute Gasteiger partial charge is 0.393 e. The number of allylic oxidation sites excluding steroid dienone is 4. The first-order chi connectivity index (χ1) is 14.4. The predicted molar refractivity (Wildman–Crippen MR) is 133 cm³/mol. The Hall–Kier alpha value is -0.560. The van der Waals surface area contributed by atoms with Gasteiger partial charge in [0.2, 0.25) is 0 Å². The predicted octanol–water partition coefficient (Wildman–Crippen LogP) is 8.48. The van der Waals surface area contributed by atoms with Crippen LogP contribution in [0.4, 0.5) is 0 Å². The quantitative estimate of drug-likeness (QED) is 0.467. The third-order valence-electron chi connectivity index (χ3n) is 11.5. The zero-order chi connectivity index (χ0) is 22.8. The second-order valence-electron chi connectivity index (χ2n) is 13.6. The van der Waals surface area contributed by atoms with Crippen molar-refractivity contribution >= 4 is 0 Å². The molecule has 4 aliphatic rings. The van der Waals surface area contributed by atoms with E-state index in [0.717, 1.165) is 18.3 Å². The topological polar surface area (TPSA) is 20.2 Å². The van der Waals surface area contributed by atoms with E-state index in [1.54, 1.807) is 16.7 Å². The Labute approximate surface area is 193 Å². The van der Waals surface area contributed by atoms with Crippen LogP contribution in [-0.4, -0.2) is 11.2 Å². The molecule has 0 aromatic heterocycles. The highest BCUT2D eigenvalue weighted by Gasteiger charge is 2.59. The first-order valence-electron chi connectivity index (χ1n) is 13.5. The van der Waals surface area contributed by atoms with Crippen molar-refractivity contribution in [1.82, 2.24) is 0 Å². The highest BCUT2D eigenvalue weighted by molar-refractivity contribution is 5.51. The minimum absolute atomic E-state index is 0.0375. The number of rotatable bonds is 5. The molecule has 0 aromatic rings. The summed E-state index contributed by atoms with van der Waals surface area (Å²) in [5.74, 6) is 2.22. The second-order valence-corrected chi connectivity index (χ2v) is 13.6. The molecule has 0 bridgehead atoms. The van der Waals surface area contributed by atoms with Crippen LogP contribution in [0.15, 0.2) is 22.8 Å². The Morgan fingerprint density at radius 3 is 2.35 bits per heavy atom. The Kier molecular flexibility index (Phi) is 5.90. The normalized spacial score (nSPS) is 42.7. The summed E-state index contributed by atoms with van der Waals surface area (Å²) >= 11 is 0. The SMILES string of the molecule is CC(C)CCCC(C)C1(C)CC=C2C3=C(CCC21C)C1(C)CCC(O)C(C)(C)C1CC3. The average Bonchev–Trinajstić information content (AvgIpc) is 2.97. The van der Waals surface area contributed by atoms with Gasteiger partial charge in [0.1, 0.15) is 0 Å². The summed E-state index contributed by atoms with van der Waals surface area (Å²) in [5.41, 5.74) is 6.38. The Morgan fingerprint density at radius 2 is 1.68 bits per heavy atom. The van der Waals surface area contributed by atoms with Gasteiger partial charge in [-0.05, 0) is 95.5 Å². The van der Waals surface area contributed by atoms with E-state index in [1.807, 2.05) is 0 Å². The van der Waals surface area contributed by atoms with Gasteiger partial charge in [-0.15, -0.1) is 0 Å². The van der Waals surface area contributed by atoms with Gasteiger partial charge < -0.3 is 5.11 Å². The fourth-order valence-corrected chi connectivity index (χ4v) is 8.83. The minimum Gasteiger partial charge on any atom is -0.393 e. The maximum Gasteiger partial charge on any atom is 0.0594 e. The lowest BCUT2D eigenvalue weighted by atomic mass is 9.45. The standard InChI is InChI=1S/C30H50O/c1-20(2)10-9-11-21(3)29(7)18-15-24-22-12-13-25-27(4,5)26(31)16-17-28(25,6)23(22)14-19-30(24,29)8/h15,20-21,25-26,31H,9-14,16-19H2,1-8H3. The molecular weight excluding hydrogens is 376 g/mol. The molecule has 1 N–H and O–H groups in total. The van der Waals surface area contributed by atoms with Crippen LogP contribution in [0.2, 0.25) is 0 Å². The molecule has 0 aliphatic heterocycles. The van der Waals surface area contributed by atoms with E-state index in [9.17, 15) is 5.11 Å². The van der Waals surface area contributed by atoms with Crippen molar-refractivity contribution in [1.29, 1.82) is 0 Å². The number of aliphatic hydroxyl groups is 1. The molecule has 1 nitrogen and oxygen atoms in total. The fourth-order valence-electron chi connectivity index (χ4n) is 8.83. The molecule has 1 fully saturated rings. The van der Waals surface area contributed by atoms with Gasteiger partial charge in [0, 0.05) is 0 Å². The Morgan fingerprint density at radius 1 is 0.968 bits per heavy atom. The van der Waals surface area contributed by atoms with Gasteiger partial charge in [-0.2, -0.15) is 0 Å². The first kappa shape index (κ1) is 23.6. The van der Waals surface area contributed by atoms with E-state index in [1.165, 1.54) is 57.8 Å². The highest BCUT2D eigenvalue weighted by atomic mass is 16.3. The fraction of sp³-hybridized carbons (Fsp3) is 0.867. The van der Waals surface area contributed by atoms with Crippen LogP contribution in [-0.2, 0) is 0 Å². The summed E-state index contributed by atoms with van der Waals surface area (Å²) in [5, 5.41) is 10.8. The van der Waals surface area contributed by atoms with Gasteiger partial charge >= 0.3 is 0 Å². The third kappa shape index (κ3) is 3.34. The summed E-state index contributed by atoms with van der Waals surface area (Å²) in [6.07, 6.45) is 15.2. The monoisotopic (exact) mass is 426 g/mol. The van der Waals surface area contributed by atoms with Gasteiger partial charge in [0.15, 0.2) is 0 Å². The Bertz CT molecular complexity index is 769. The Balaban J connectivity index is 1.63. The van der Waals surface area contributed by atoms with Gasteiger partial charge in [0.25, 0.3) is 0 Å². The lowest BCUT2D eigenvalue weighted by molar-refractivity contribution is -0.0912. The van der Waals surface area contributed by atoms with E-state index >= 15 is 0 Å². The molecule has 1 saturated carbocycles. The van der Waals surface area contributed by atoms with E-state index in [-0.39, 0.29) is 11.5 Å². The van der Waals surface area contributed by atoms with E-state index in [4.69, 9.17) is 0 Å². The summed E-state index contributed by atoms with van der Waals surface area (Å²) in [7, 11) is 0. The molecule has 0 radical (unpaired) electrons. The van der Waals surface area contributed by atoms with Crippen molar-refractivity contribution in [2.45, 2.75) is 126 Å². The van der Waals surface area contributed by atoms with Crippen molar-refractivity contribution in [3.8, 4) is 0 Å². The molecule has 31 heavy (non-hydrogen) atoms. The second kappa shape index (κ2) is 7.75. The molecule has 0 heterocycles. The molecular formula is C30H50O. The van der Waals surface area contributed by atoms with Crippen molar-refractivity contribution in [3.05, 3.63) is 22.8 Å². The van der Waals surface area contributed by atoms with Gasteiger partial charge in [-0.3, -0.25) is 0 Å². The van der Waals surface area contributed by atoms with Crippen LogP contribution in [0.25, 0.3) is 0 Å². The van der Waals surface area contributed by atoms with E-state index in [2.05, 4.69) is 61.5 Å². The summed E-state index contributed by atoms with van der Waals surface area (Å²) in [4.78, 5) is 0. The van der Waals surface area contributed by atoms with Gasteiger partial charge in [-0.1, -0.05) is 86.3 Å². The van der Waals surface area contributed by atoms with E-state index < -0.39 is 0 Å². The molecule has 4 aliphatic carbocycles. The summed E-state index contributed by atoms with van der Waals surface area (Å²) < 4.78 is 0. The molecule has 6 unspecified atom stereocenters. The van der Waals surface area contributed by atoms with Crippen molar-refractivity contribution < 1.29 is 5.11 Å². The molecule has 1 heteroatoms. The smallest absolute Gasteiger partial charge is 0.0594 e. The van der Waals surface area contributed by atoms with Crippen molar-refractivity contribution in [3.63, 3.8) is 0 Å². The average molecular weight is 427 g/mol. The molecule has 0 aromatic carbocycles. The van der Waals surface area contributed by atoms with Gasteiger partial charge in [0.05, 0.1) is 6.10 Å². The molecule has 176 valence electrons. The van der Waals surface area contributed by atoms with Crippen LogP contribution in [0.3, 0.4) is 0 Å². The molecule has 0 spiro atoms. The maximum atomic E-state index is 10.8. The van der Waals surface area contributed by atoms with E-state index in [0.29, 0.717) is 22.2 Å².